The second-order valence-electron chi connectivity index (χ2n) is 3.28. The number of nitrogens with zero attached hydrogens (tertiary/aromatic N) is 1. The van der Waals surface area contributed by atoms with Crippen LogP contribution < -0.4 is 5.32 Å². The molecule has 0 aromatic heterocycles. The van der Waals surface area contributed by atoms with Crippen molar-refractivity contribution in [2.45, 2.75) is 25.8 Å². The van der Waals surface area contributed by atoms with Gasteiger partial charge in [0, 0.05) is 19.3 Å². The fourth-order valence-corrected chi connectivity index (χ4v) is 1.59. The summed E-state index contributed by atoms with van der Waals surface area (Å²) in [5.41, 5.74) is 0. The first-order chi connectivity index (χ1) is 5.84. The quantitative estimate of drug-likeness (QED) is 0.637. The van der Waals surface area contributed by atoms with Gasteiger partial charge in [-0.15, -0.1) is 0 Å². The molecular formula is C9H16N2O. The standard InChI is InChI=1S/C9H16N2O/c1-8(11-5-4-10)9-2-6-12-7-3-9/h8-9,11H,2-3,5-7H2,1H3. The van der Waals surface area contributed by atoms with Crippen molar-refractivity contribution < 1.29 is 4.74 Å². The summed E-state index contributed by atoms with van der Waals surface area (Å²) in [5.74, 6) is 0.687. The van der Waals surface area contributed by atoms with E-state index in [0.29, 0.717) is 18.5 Å². The van der Waals surface area contributed by atoms with Crippen molar-refractivity contribution in [2.24, 2.45) is 5.92 Å². The largest absolute Gasteiger partial charge is 0.381 e. The molecule has 0 amide bonds. The number of nitriles is 1. The monoisotopic (exact) mass is 168 g/mol. The van der Waals surface area contributed by atoms with Crippen LogP contribution in [-0.4, -0.2) is 25.8 Å². The Labute approximate surface area is 73.7 Å². The molecule has 68 valence electrons. The van der Waals surface area contributed by atoms with Gasteiger partial charge >= 0.3 is 0 Å². The summed E-state index contributed by atoms with van der Waals surface area (Å²) < 4.78 is 5.26. The van der Waals surface area contributed by atoms with Crippen LogP contribution in [0.2, 0.25) is 0 Å². The fraction of sp³-hybridized carbons (Fsp3) is 0.889. The van der Waals surface area contributed by atoms with Crippen LogP contribution in [0.1, 0.15) is 19.8 Å². The average Bonchev–Trinajstić information content (AvgIpc) is 2.15. The highest BCUT2D eigenvalue weighted by molar-refractivity contribution is 4.80. The maximum absolute atomic E-state index is 8.38. The molecule has 1 heterocycles. The lowest BCUT2D eigenvalue weighted by atomic mass is 9.93. The molecule has 1 aliphatic heterocycles. The van der Waals surface area contributed by atoms with Crippen molar-refractivity contribution in [3.8, 4) is 6.07 Å². The maximum Gasteiger partial charge on any atom is 0.0843 e. The summed E-state index contributed by atoms with van der Waals surface area (Å²) >= 11 is 0. The number of ether oxygens (including phenoxy) is 1. The summed E-state index contributed by atoms with van der Waals surface area (Å²) in [6.45, 7) is 4.36. The van der Waals surface area contributed by atoms with Gasteiger partial charge in [-0.25, -0.2) is 0 Å². The van der Waals surface area contributed by atoms with E-state index >= 15 is 0 Å². The molecule has 1 rings (SSSR count). The van der Waals surface area contributed by atoms with E-state index < -0.39 is 0 Å². The molecule has 3 nitrogen and oxygen atoms in total. The Balaban J connectivity index is 2.21. The molecule has 1 fully saturated rings. The van der Waals surface area contributed by atoms with Crippen molar-refractivity contribution in [2.75, 3.05) is 19.8 Å². The lowest BCUT2D eigenvalue weighted by Crippen LogP contribution is -2.36. The maximum atomic E-state index is 8.38. The summed E-state index contributed by atoms with van der Waals surface area (Å²) in [5, 5.41) is 11.6. The Bertz CT molecular complexity index is 158. The molecule has 1 atom stereocenters. The molecule has 0 radical (unpaired) electrons. The molecule has 0 aliphatic carbocycles. The van der Waals surface area contributed by atoms with E-state index in [-0.39, 0.29) is 0 Å². The molecule has 1 aliphatic rings. The van der Waals surface area contributed by atoms with Gasteiger partial charge in [-0.3, -0.25) is 0 Å². The Morgan fingerprint density at radius 3 is 2.83 bits per heavy atom. The number of hydrogen-bond donors (Lipinski definition) is 1. The van der Waals surface area contributed by atoms with Gasteiger partial charge in [0.05, 0.1) is 12.6 Å². The number of rotatable bonds is 3. The van der Waals surface area contributed by atoms with Gasteiger partial charge < -0.3 is 10.1 Å². The third kappa shape index (κ3) is 2.80. The molecule has 1 N–H and O–H groups in total. The second-order valence-corrected chi connectivity index (χ2v) is 3.28. The van der Waals surface area contributed by atoms with Gasteiger partial charge in [0.25, 0.3) is 0 Å². The van der Waals surface area contributed by atoms with Crippen molar-refractivity contribution in [1.29, 1.82) is 5.26 Å². The molecule has 0 spiro atoms. The van der Waals surface area contributed by atoms with E-state index in [9.17, 15) is 0 Å². The van der Waals surface area contributed by atoms with Crippen molar-refractivity contribution >= 4 is 0 Å². The Kier molecular flexibility index (Phi) is 4.06. The van der Waals surface area contributed by atoms with Crippen molar-refractivity contribution in [3.63, 3.8) is 0 Å². The summed E-state index contributed by atoms with van der Waals surface area (Å²) in [4.78, 5) is 0. The molecule has 1 saturated heterocycles. The second kappa shape index (κ2) is 5.13. The molecule has 0 saturated carbocycles. The molecule has 0 aromatic carbocycles. The van der Waals surface area contributed by atoms with Crippen LogP contribution in [-0.2, 0) is 4.74 Å². The molecule has 0 bridgehead atoms. The van der Waals surface area contributed by atoms with E-state index in [1.165, 1.54) is 0 Å². The minimum atomic E-state index is 0.452. The normalized spacial score (nSPS) is 21.7. The van der Waals surface area contributed by atoms with E-state index in [2.05, 4.69) is 18.3 Å². The third-order valence-corrected chi connectivity index (χ3v) is 2.48. The van der Waals surface area contributed by atoms with Crippen LogP contribution in [0.5, 0.6) is 0 Å². The first-order valence-corrected chi connectivity index (χ1v) is 4.52. The SMILES string of the molecule is CC(NCC#N)C1CCOCC1. The molecule has 12 heavy (non-hydrogen) atoms. The fourth-order valence-electron chi connectivity index (χ4n) is 1.59. The van der Waals surface area contributed by atoms with Crippen LogP contribution in [0.4, 0.5) is 0 Å². The van der Waals surface area contributed by atoms with Gasteiger partial charge in [-0.05, 0) is 25.7 Å². The van der Waals surface area contributed by atoms with Gasteiger partial charge in [0.2, 0.25) is 0 Å². The van der Waals surface area contributed by atoms with E-state index in [1.54, 1.807) is 0 Å². The van der Waals surface area contributed by atoms with Gasteiger partial charge in [0.1, 0.15) is 0 Å². The van der Waals surface area contributed by atoms with Crippen LogP contribution in [0.25, 0.3) is 0 Å². The zero-order chi connectivity index (χ0) is 8.81. The highest BCUT2D eigenvalue weighted by Gasteiger charge is 2.19. The van der Waals surface area contributed by atoms with Crippen LogP contribution in [0, 0.1) is 17.2 Å². The zero-order valence-corrected chi connectivity index (χ0v) is 7.55. The van der Waals surface area contributed by atoms with Gasteiger partial charge in [-0.2, -0.15) is 5.26 Å². The average molecular weight is 168 g/mol. The van der Waals surface area contributed by atoms with Crippen molar-refractivity contribution in [3.05, 3.63) is 0 Å². The summed E-state index contributed by atoms with van der Waals surface area (Å²) in [6.07, 6.45) is 2.25. The summed E-state index contributed by atoms with van der Waals surface area (Å²) in [6, 6.07) is 2.55. The minimum Gasteiger partial charge on any atom is -0.381 e. The lowest BCUT2D eigenvalue weighted by Gasteiger charge is -2.27. The summed E-state index contributed by atoms with van der Waals surface area (Å²) in [7, 11) is 0. The molecule has 3 heteroatoms. The lowest BCUT2D eigenvalue weighted by molar-refractivity contribution is 0.0565. The van der Waals surface area contributed by atoms with E-state index in [1.807, 2.05) is 0 Å². The number of hydrogen-bond acceptors (Lipinski definition) is 3. The van der Waals surface area contributed by atoms with Crippen LogP contribution in [0.3, 0.4) is 0 Å². The first-order valence-electron chi connectivity index (χ1n) is 4.52. The van der Waals surface area contributed by atoms with Gasteiger partial charge in [0.15, 0.2) is 0 Å². The molecular weight excluding hydrogens is 152 g/mol. The highest BCUT2D eigenvalue weighted by Crippen LogP contribution is 2.18. The minimum absolute atomic E-state index is 0.452. The topological polar surface area (TPSA) is 45.0 Å². The van der Waals surface area contributed by atoms with E-state index in [4.69, 9.17) is 10.00 Å². The first kappa shape index (κ1) is 9.50. The smallest absolute Gasteiger partial charge is 0.0843 e. The predicted octanol–water partition coefficient (Wildman–Crippen LogP) is 0.915. The Morgan fingerprint density at radius 1 is 1.58 bits per heavy atom. The predicted molar refractivity (Wildman–Crippen MR) is 46.6 cm³/mol. The molecule has 1 unspecified atom stereocenters. The van der Waals surface area contributed by atoms with Crippen LogP contribution in [0.15, 0.2) is 0 Å². The van der Waals surface area contributed by atoms with Gasteiger partial charge in [-0.1, -0.05) is 0 Å². The van der Waals surface area contributed by atoms with E-state index in [0.717, 1.165) is 26.1 Å². The Hall–Kier alpha value is -0.590. The number of nitrogens with one attached hydrogen (secondary N) is 1. The van der Waals surface area contributed by atoms with Crippen LogP contribution >= 0.6 is 0 Å². The third-order valence-electron chi connectivity index (χ3n) is 2.48. The zero-order valence-electron chi connectivity index (χ0n) is 7.55. The van der Waals surface area contributed by atoms with Crippen molar-refractivity contribution in [1.82, 2.24) is 5.32 Å². The highest BCUT2D eigenvalue weighted by atomic mass is 16.5. The Morgan fingerprint density at radius 2 is 2.25 bits per heavy atom. The molecule has 0 aromatic rings.